The number of Topliss-reactive ketones (excluding diaryl/α,β-unsaturated/α-hetero) is 1. The Morgan fingerprint density at radius 3 is 2.65 bits per heavy atom. The van der Waals surface area contributed by atoms with Gasteiger partial charge in [-0.05, 0) is 104 Å². The molecule has 1 N–H and O–H groups in total. The zero-order valence-electron chi connectivity index (χ0n) is 24.2. The number of benzene rings is 1. The molecule has 1 aromatic carbocycles. The molecular weight excluding hydrogens is 500 g/mol. The Morgan fingerprint density at radius 1 is 1.18 bits per heavy atom. The molecule has 5 atom stereocenters. The van der Waals surface area contributed by atoms with Gasteiger partial charge in [0.15, 0.2) is 5.78 Å². The van der Waals surface area contributed by atoms with E-state index >= 15 is 0 Å². The Balaban J connectivity index is 1.47. The van der Waals surface area contributed by atoms with E-state index in [1.165, 1.54) is 22.4 Å². The average Bonchev–Trinajstić information content (AvgIpc) is 3.29. The molecule has 6 nitrogen and oxygen atoms in total. The number of anilines is 1. The number of hydrogen-bond acceptors (Lipinski definition) is 6. The summed E-state index contributed by atoms with van der Waals surface area (Å²) >= 11 is 0. The highest BCUT2D eigenvalue weighted by Gasteiger charge is 2.65. The van der Waals surface area contributed by atoms with Crippen molar-refractivity contribution in [3.8, 4) is 11.8 Å². The van der Waals surface area contributed by atoms with Gasteiger partial charge in [-0.2, -0.15) is 0 Å². The molecule has 0 amide bonds. The SMILES string of the molecule is CC#C[C@]1(C(=O)COC)CC[C@H]2[C@@H]3CCC4=C/C(=N/O)CCC4=C3[C@@H](c3ccc(N4CCOCC4)cc3)C[C@@]21C. The number of hydrogen-bond donors (Lipinski definition) is 1. The molecule has 5 aliphatic rings. The normalized spacial score (nSPS) is 34.4. The molecule has 0 spiro atoms. The van der Waals surface area contributed by atoms with E-state index in [-0.39, 0.29) is 23.7 Å². The Hall–Kier alpha value is -2.88. The monoisotopic (exact) mass is 542 g/mol. The second-order valence-electron chi connectivity index (χ2n) is 12.5. The van der Waals surface area contributed by atoms with E-state index in [9.17, 15) is 10.0 Å². The fourth-order valence-electron chi connectivity index (χ4n) is 9.02. The summed E-state index contributed by atoms with van der Waals surface area (Å²) in [6.07, 6.45) is 8.62. The van der Waals surface area contributed by atoms with Crippen LogP contribution in [0.25, 0.3) is 0 Å². The van der Waals surface area contributed by atoms with E-state index in [0.29, 0.717) is 11.8 Å². The Kier molecular flexibility index (Phi) is 7.39. The van der Waals surface area contributed by atoms with Crippen LogP contribution in [0.2, 0.25) is 0 Å². The predicted octanol–water partition coefficient (Wildman–Crippen LogP) is 5.91. The molecule has 2 saturated carbocycles. The lowest BCUT2D eigenvalue weighted by Crippen LogP contribution is -2.51. The molecule has 0 aromatic heterocycles. The van der Waals surface area contributed by atoms with Gasteiger partial charge < -0.3 is 19.6 Å². The lowest BCUT2D eigenvalue weighted by molar-refractivity contribution is -0.136. The summed E-state index contributed by atoms with van der Waals surface area (Å²) < 4.78 is 11.0. The van der Waals surface area contributed by atoms with Crippen LogP contribution in [0.5, 0.6) is 0 Å². The van der Waals surface area contributed by atoms with Crippen molar-refractivity contribution in [3.63, 3.8) is 0 Å². The first-order chi connectivity index (χ1) is 19.5. The topological polar surface area (TPSA) is 71.4 Å². The molecule has 6 heteroatoms. The molecule has 40 heavy (non-hydrogen) atoms. The highest BCUT2D eigenvalue weighted by molar-refractivity contribution is 5.97. The van der Waals surface area contributed by atoms with Crippen molar-refractivity contribution in [2.45, 2.75) is 64.7 Å². The molecule has 1 saturated heterocycles. The van der Waals surface area contributed by atoms with Gasteiger partial charge in [0, 0.05) is 31.8 Å². The van der Waals surface area contributed by atoms with Gasteiger partial charge in [0.05, 0.1) is 24.3 Å². The number of ketones is 1. The lowest BCUT2D eigenvalue weighted by atomic mass is 9.48. The first-order valence-corrected chi connectivity index (χ1v) is 15.0. The third-order valence-electron chi connectivity index (χ3n) is 10.8. The first kappa shape index (κ1) is 27.3. The molecule has 3 fully saturated rings. The summed E-state index contributed by atoms with van der Waals surface area (Å²) in [5.41, 5.74) is 6.85. The van der Waals surface area contributed by atoms with Crippen LogP contribution in [-0.4, -0.2) is 56.7 Å². The molecule has 212 valence electrons. The zero-order chi connectivity index (χ0) is 27.9. The molecule has 1 heterocycles. The Labute approximate surface area is 238 Å². The number of nitrogens with zero attached hydrogens (tertiary/aromatic N) is 2. The van der Waals surface area contributed by atoms with Gasteiger partial charge >= 0.3 is 0 Å². The number of rotatable bonds is 5. The van der Waals surface area contributed by atoms with Crippen LogP contribution < -0.4 is 4.90 Å². The highest BCUT2D eigenvalue weighted by atomic mass is 16.5. The van der Waals surface area contributed by atoms with E-state index in [4.69, 9.17) is 9.47 Å². The van der Waals surface area contributed by atoms with Gasteiger partial charge in [0.2, 0.25) is 0 Å². The maximum atomic E-state index is 13.8. The van der Waals surface area contributed by atoms with Gasteiger partial charge in [-0.3, -0.25) is 4.79 Å². The number of oxime groups is 1. The van der Waals surface area contributed by atoms with Crippen molar-refractivity contribution in [2.75, 3.05) is 44.9 Å². The molecule has 0 bridgehead atoms. The van der Waals surface area contributed by atoms with Crippen molar-refractivity contribution in [1.29, 1.82) is 0 Å². The summed E-state index contributed by atoms with van der Waals surface area (Å²) in [4.78, 5) is 16.2. The molecule has 0 radical (unpaired) electrons. The minimum Gasteiger partial charge on any atom is -0.411 e. The van der Waals surface area contributed by atoms with Crippen molar-refractivity contribution < 1.29 is 19.5 Å². The van der Waals surface area contributed by atoms with Crippen LogP contribution in [-0.2, 0) is 14.3 Å². The van der Waals surface area contributed by atoms with Crippen molar-refractivity contribution >= 4 is 17.2 Å². The molecule has 4 aliphatic carbocycles. The standard InChI is InChI=1S/C34H42N2O4/c1-4-14-34(31(37)22-39-3)15-13-30-28-11-7-24-20-25(35-38)8-12-27(24)32(28)29(21-33(30,34)2)23-5-9-26(10-6-23)36-16-18-40-19-17-36/h5-6,9-10,20,28-30,38H,7-8,11-13,15-19,21-22H2,1-3H3/b35-25+/t28-,29+,30-,33-,34+/m0/s1. The largest absolute Gasteiger partial charge is 0.411 e. The summed E-state index contributed by atoms with van der Waals surface area (Å²) in [6, 6.07) is 9.20. The van der Waals surface area contributed by atoms with Gasteiger partial charge in [-0.1, -0.05) is 35.7 Å². The third kappa shape index (κ3) is 4.25. The van der Waals surface area contributed by atoms with Crippen LogP contribution >= 0.6 is 0 Å². The van der Waals surface area contributed by atoms with E-state index in [1.807, 2.05) is 6.92 Å². The number of carbonyl (C=O) groups excluding carboxylic acids is 1. The maximum Gasteiger partial charge on any atom is 0.176 e. The number of allylic oxidation sites excluding steroid dienone is 4. The summed E-state index contributed by atoms with van der Waals surface area (Å²) in [5, 5.41) is 13.1. The van der Waals surface area contributed by atoms with E-state index in [0.717, 1.165) is 77.0 Å². The van der Waals surface area contributed by atoms with Crippen molar-refractivity contribution in [3.05, 3.63) is 52.6 Å². The Morgan fingerprint density at radius 2 is 1.95 bits per heavy atom. The highest BCUT2D eigenvalue weighted by Crippen LogP contribution is 2.69. The van der Waals surface area contributed by atoms with Crippen LogP contribution in [0.15, 0.2) is 52.2 Å². The average molecular weight is 543 g/mol. The zero-order valence-corrected chi connectivity index (χ0v) is 24.2. The number of methoxy groups -OCH3 is 1. The first-order valence-electron chi connectivity index (χ1n) is 15.0. The quantitative estimate of drug-likeness (QED) is 0.285. The van der Waals surface area contributed by atoms with Crippen LogP contribution in [0.1, 0.15) is 70.3 Å². The van der Waals surface area contributed by atoms with Crippen LogP contribution in [0, 0.1) is 34.5 Å². The predicted molar refractivity (Wildman–Crippen MR) is 157 cm³/mol. The van der Waals surface area contributed by atoms with Gasteiger partial charge in [0.25, 0.3) is 0 Å². The summed E-state index contributed by atoms with van der Waals surface area (Å²) in [5.74, 6) is 7.89. The number of ether oxygens (including phenoxy) is 2. The minimum atomic E-state index is -0.677. The van der Waals surface area contributed by atoms with Crippen molar-refractivity contribution in [1.82, 2.24) is 0 Å². The second-order valence-corrected chi connectivity index (χ2v) is 12.5. The van der Waals surface area contributed by atoms with Gasteiger partial charge in [-0.25, -0.2) is 0 Å². The minimum absolute atomic E-state index is 0.116. The van der Waals surface area contributed by atoms with Crippen molar-refractivity contribution in [2.24, 2.45) is 27.8 Å². The van der Waals surface area contributed by atoms with Crippen LogP contribution in [0.4, 0.5) is 5.69 Å². The van der Waals surface area contributed by atoms with Crippen LogP contribution in [0.3, 0.4) is 0 Å². The summed E-state index contributed by atoms with van der Waals surface area (Å²) in [6.45, 7) is 7.73. The molecule has 1 aromatic rings. The van der Waals surface area contributed by atoms with E-state index < -0.39 is 5.41 Å². The third-order valence-corrected chi connectivity index (χ3v) is 10.8. The summed E-state index contributed by atoms with van der Waals surface area (Å²) in [7, 11) is 1.62. The van der Waals surface area contributed by atoms with Gasteiger partial charge in [0.1, 0.15) is 6.61 Å². The molecule has 1 aliphatic heterocycles. The number of fused-ring (bicyclic) bond motifs is 4. The number of carbonyl (C=O) groups is 1. The Bertz CT molecular complexity index is 1310. The molecular formula is C34H42N2O4. The molecule has 6 rings (SSSR count). The van der Waals surface area contributed by atoms with E-state index in [1.54, 1.807) is 12.7 Å². The van der Waals surface area contributed by atoms with E-state index in [2.05, 4.69) is 59.2 Å². The second kappa shape index (κ2) is 10.8. The fraction of sp³-hybridized carbons (Fsp3) is 0.588. The fourth-order valence-corrected chi connectivity index (χ4v) is 9.02. The maximum absolute atomic E-state index is 13.8. The smallest absolute Gasteiger partial charge is 0.176 e. The number of morpholine rings is 1. The van der Waals surface area contributed by atoms with Gasteiger partial charge in [-0.15, -0.1) is 5.92 Å². The molecule has 0 unspecified atom stereocenters. The lowest BCUT2D eigenvalue weighted by Gasteiger charge is -2.54.